The molecule has 2 rings (SSSR count). The van der Waals surface area contributed by atoms with Gasteiger partial charge in [-0.05, 0) is 34.0 Å². The summed E-state index contributed by atoms with van der Waals surface area (Å²) in [6, 6.07) is 3.87. The summed E-state index contributed by atoms with van der Waals surface area (Å²) in [6.45, 7) is 0.671. The number of aromatic nitrogens is 3. The molecular weight excluding hydrogens is 246 g/mol. The summed E-state index contributed by atoms with van der Waals surface area (Å²) in [5.74, 6) is 0.402. The molecule has 0 N–H and O–H groups in total. The highest BCUT2D eigenvalue weighted by Crippen LogP contribution is 2.24. The van der Waals surface area contributed by atoms with Crippen molar-refractivity contribution in [2.24, 2.45) is 7.05 Å². The molecule has 7 nitrogen and oxygen atoms in total. The SMILES string of the molecule is CN(CCc1ccncc1)c1c([N+](=O)[O-])ncn1C. The van der Waals surface area contributed by atoms with Gasteiger partial charge >= 0.3 is 5.82 Å². The van der Waals surface area contributed by atoms with E-state index in [0.29, 0.717) is 12.4 Å². The Kier molecular flexibility index (Phi) is 3.74. The molecule has 0 fully saturated rings. The first kappa shape index (κ1) is 13.0. The zero-order valence-corrected chi connectivity index (χ0v) is 10.9. The van der Waals surface area contributed by atoms with Crippen LogP contribution in [-0.4, -0.2) is 33.1 Å². The van der Waals surface area contributed by atoms with Crippen molar-refractivity contribution >= 4 is 11.6 Å². The van der Waals surface area contributed by atoms with Crippen molar-refractivity contribution in [3.05, 3.63) is 46.5 Å². The number of hydrogen-bond donors (Lipinski definition) is 0. The third kappa shape index (κ3) is 2.87. The summed E-state index contributed by atoms with van der Waals surface area (Å²) in [7, 11) is 3.57. The van der Waals surface area contributed by atoms with E-state index in [0.717, 1.165) is 12.0 Å². The van der Waals surface area contributed by atoms with Crippen LogP contribution in [0.3, 0.4) is 0 Å². The van der Waals surface area contributed by atoms with Gasteiger partial charge in [0, 0.05) is 33.0 Å². The van der Waals surface area contributed by atoms with Crippen molar-refractivity contribution < 1.29 is 4.92 Å². The van der Waals surface area contributed by atoms with Gasteiger partial charge in [-0.15, -0.1) is 0 Å². The molecule has 0 saturated heterocycles. The predicted octanol–water partition coefficient (Wildman–Crippen LogP) is 1.40. The summed E-state index contributed by atoms with van der Waals surface area (Å²) in [4.78, 5) is 20.0. The first-order valence-electron chi connectivity index (χ1n) is 5.85. The fraction of sp³-hybridized carbons (Fsp3) is 0.333. The summed E-state index contributed by atoms with van der Waals surface area (Å²) >= 11 is 0. The van der Waals surface area contributed by atoms with Crippen molar-refractivity contribution in [1.29, 1.82) is 0 Å². The van der Waals surface area contributed by atoms with Crippen LogP contribution in [0.5, 0.6) is 0 Å². The maximum Gasteiger partial charge on any atom is 0.406 e. The van der Waals surface area contributed by atoms with E-state index in [1.165, 1.54) is 6.33 Å². The van der Waals surface area contributed by atoms with Crippen LogP contribution in [0.25, 0.3) is 0 Å². The Hall–Kier alpha value is -2.44. The Morgan fingerprint density at radius 2 is 2.11 bits per heavy atom. The summed E-state index contributed by atoms with van der Waals surface area (Å²) < 4.78 is 1.66. The van der Waals surface area contributed by atoms with E-state index >= 15 is 0 Å². The number of pyridine rings is 1. The van der Waals surface area contributed by atoms with Crippen molar-refractivity contribution in [2.45, 2.75) is 6.42 Å². The van der Waals surface area contributed by atoms with E-state index in [-0.39, 0.29) is 5.82 Å². The fourth-order valence-electron chi connectivity index (χ4n) is 1.93. The van der Waals surface area contributed by atoms with Gasteiger partial charge in [-0.2, -0.15) is 0 Å². The van der Waals surface area contributed by atoms with E-state index in [4.69, 9.17) is 0 Å². The number of nitro groups is 1. The maximum atomic E-state index is 10.9. The monoisotopic (exact) mass is 261 g/mol. The Morgan fingerprint density at radius 3 is 2.74 bits per heavy atom. The number of hydrogen-bond acceptors (Lipinski definition) is 5. The van der Waals surface area contributed by atoms with E-state index in [1.807, 2.05) is 24.1 Å². The average molecular weight is 261 g/mol. The smallest absolute Gasteiger partial charge is 0.358 e. The summed E-state index contributed by atoms with van der Waals surface area (Å²) in [5, 5.41) is 10.9. The molecule has 0 saturated carbocycles. The quantitative estimate of drug-likeness (QED) is 0.600. The number of anilines is 1. The number of aryl methyl sites for hydroxylation is 1. The van der Waals surface area contributed by atoms with Crippen LogP contribution < -0.4 is 4.90 Å². The van der Waals surface area contributed by atoms with E-state index in [9.17, 15) is 10.1 Å². The van der Waals surface area contributed by atoms with Crippen molar-refractivity contribution in [3.63, 3.8) is 0 Å². The normalized spacial score (nSPS) is 10.4. The minimum absolute atomic E-state index is 0.111. The zero-order chi connectivity index (χ0) is 13.8. The number of likely N-dealkylation sites (N-methyl/N-ethyl adjacent to an activating group) is 1. The third-order valence-corrected chi connectivity index (χ3v) is 2.91. The van der Waals surface area contributed by atoms with Gasteiger partial charge in [0.05, 0.1) is 0 Å². The average Bonchev–Trinajstić information content (AvgIpc) is 2.79. The Balaban J connectivity index is 2.10. The van der Waals surface area contributed by atoms with Crippen molar-refractivity contribution in [2.75, 3.05) is 18.5 Å². The first-order valence-corrected chi connectivity index (χ1v) is 5.85. The van der Waals surface area contributed by atoms with Crippen LogP contribution in [0.15, 0.2) is 30.9 Å². The second-order valence-electron chi connectivity index (χ2n) is 4.29. The van der Waals surface area contributed by atoms with Gasteiger partial charge in [0.1, 0.15) is 0 Å². The molecule has 0 unspecified atom stereocenters. The standard InChI is InChI=1S/C12H15N5O2/c1-15(8-5-10-3-6-13-7-4-10)12-11(17(18)19)14-9-16(12)2/h3-4,6-7,9H,5,8H2,1-2H3. The molecule has 0 aromatic carbocycles. The highest BCUT2D eigenvalue weighted by Gasteiger charge is 2.23. The molecule has 0 aliphatic rings. The highest BCUT2D eigenvalue weighted by molar-refractivity contribution is 5.54. The molecule has 0 radical (unpaired) electrons. The lowest BCUT2D eigenvalue weighted by molar-refractivity contribution is -0.388. The molecule has 0 atom stereocenters. The molecular formula is C12H15N5O2. The molecule has 0 bridgehead atoms. The molecule has 7 heteroatoms. The second kappa shape index (κ2) is 5.47. The van der Waals surface area contributed by atoms with E-state index in [2.05, 4.69) is 9.97 Å². The van der Waals surface area contributed by atoms with Gasteiger partial charge in [0.2, 0.25) is 12.1 Å². The van der Waals surface area contributed by atoms with Gasteiger partial charge in [-0.1, -0.05) is 0 Å². The minimum Gasteiger partial charge on any atom is -0.358 e. The van der Waals surface area contributed by atoms with Gasteiger partial charge in [-0.25, -0.2) is 0 Å². The summed E-state index contributed by atoms with van der Waals surface area (Å²) in [5.41, 5.74) is 1.15. The lowest BCUT2D eigenvalue weighted by Crippen LogP contribution is -2.23. The second-order valence-corrected chi connectivity index (χ2v) is 4.29. The van der Waals surface area contributed by atoms with Gasteiger partial charge in [0.15, 0.2) is 0 Å². The lowest BCUT2D eigenvalue weighted by atomic mass is 10.2. The zero-order valence-electron chi connectivity index (χ0n) is 10.9. The Labute approximate surface area is 110 Å². The molecule has 100 valence electrons. The van der Waals surface area contributed by atoms with Crippen LogP contribution in [0.2, 0.25) is 0 Å². The number of nitrogens with zero attached hydrogens (tertiary/aromatic N) is 5. The molecule has 0 aliphatic carbocycles. The predicted molar refractivity (Wildman–Crippen MR) is 71.1 cm³/mol. The van der Waals surface area contributed by atoms with Crippen LogP contribution in [-0.2, 0) is 13.5 Å². The van der Waals surface area contributed by atoms with Crippen molar-refractivity contribution in [1.82, 2.24) is 14.5 Å². The maximum absolute atomic E-state index is 10.9. The van der Waals surface area contributed by atoms with Crippen LogP contribution in [0.4, 0.5) is 11.6 Å². The van der Waals surface area contributed by atoms with Crippen LogP contribution in [0, 0.1) is 10.1 Å². The van der Waals surface area contributed by atoms with Gasteiger partial charge in [-0.3, -0.25) is 9.55 Å². The molecule has 19 heavy (non-hydrogen) atoms. The molecule has 2 aromatic rings. The molecule has 0 aliphatic heterocycles. The minimum atomic E-state index is -0.460. The molecule has 0 spiro atoms. The topological polar surface area (TPSA) is 77.1 Å². The Bertz CT molecular complexity index is 567. The largest absolute Gasteiger partial charge is 0.406 e. The Morgan fingerprint density at radius 1 is 1.42 bits per heavy atom. The number of imidazole rings is 1. The summed E-state index contributed by atoms with van der Waals surface area (Å²) in [6.07, 6.45) is 5.72. The number of rotatable bonds is 5. The third-order valence-electron chi connectivity index (χ3n) is 2.91. The van der Waals surface area contributed by atoms with E-state index < -0.39 is 4.92 Å². The molecule has 0 amide bonds. The molecule has 2 heterocycles. The van der Waals surface area contributed by atoms with Crippen molar-refractivity contribution in [3.8, 4) is 0 Å². The van der Waals surface area contributed by atoms with Crippen LogP contribution in [0.1, 0.15) is 5.56 Å². The molecule has 2 aromatic heterocycles. The first-order chi connectivity index (χ1) is 9.09. The lowest BCUT2D eigenvalue weighted by Gasteiger charge is -2.18. The van der Waals surface area contributed by atoms with E-state index in [1.54, 1.807) is 24.0 Å². The highest BCUT2D eigenvalue weighted by atomic mass is 16.6. The fourth-order valence-corrected chi connectivity index (χ4v) is 1.93. The van der Waals surface area contributed by atoms with Gasteiger partial charge < -0.3 is 15.0 Å². The van der Waals surface area contributed by atoms with Gasteiger partial charge in [0.25, 0.3) is 0 Å². The van der Waals surface area contributed by atoms with Crippen LogP contribution >= 0.6 is 0 Å².